The first-order valence-corrected chi connectivity index (χ1v) is 5.59. The standard InChI is InChI=1S/C9H10IN3O2/c10-7-6-13(5-3-1-2-4-11)9(15)12-8(7)14/h6H,1-3,5H2,(H,12,14,15). The van der Waals surface area contributed by atoms with Crippen LogP contribution in [-0.4, -0.2) is 9.55 Å². The van der Waals surface area contributed by atoms with Crippen LogP contribution in [0, 0.1) is 14.9 Å². The van der Waals surface area contributed by atoms with Crippen LogP contribution in [0.2, 0.25) is 0 Å². The van der Waals surface area contributed by atoms with Crippen LogP contribution in [0.1, 0.15) is 19.3 Å². The largest absolute Gasteiger partial charge is 0.328 e. The van der Waals surface area contributed by atoms with Crippen molar-refractivity contribution >= 4 is 22.6 Å². The van der Waals surface area contributed by atoms with Crippen LogP contribution in [-0.2, 0) is 6.54 Å². The first-order chi connectivity index (χ1) is 7.15. The van der Waals surface area contributed by atoms with Crippen LogP contribution in [0.5, 0.6) is 0 Å². The van der Waals surface area contributed by atoms with Crippen molar-refractivity contribution in [2.24, 2.45) is 0 Å². The molecule has 1 rings (SSSR count). The Morgan fingerprint density at radius 3 is 2.87 bits per heavy atom. The molecule has 80 valence electrons. The quantitative estimate of drug-likeness (QED) is 0.660. The molecule has 5 nitrogen and oxygen atoms in total. The molecule has 0 atom stereocenters. The maximum absolute atomic E-state index is 11.3. The van der Waals surface area contributed by atoms with Crippen LogP contribution in [0.25, 0.3) is 0 Å². The molecule has 0 saturated carbocycles. The number of hydrogen-bond donors (Lipinski definition) is 1. The number of hydrogen-bond acceptors (Lipinski definition) is 3. The summed E-state index contributed by atoms with van der Waals surface area (Å²) in [5.41, 5.74) is -0.744. The van der Waals surface area contributed by atoms with Crippen LogP contribution in [0.4, 0.5) is 0 Å². The van der Waals surface area contributed by atoms with Gasteiger partial charge in [0, 0.05) is 19.2 Å². The third-order valence-electron chi connectivity index (χ3n) is 1.91. The molecule has 15 heavy (non-hydrogen) atoms. The summed E-state index contributed by atoms with van der Waals surface area (Å²) in [6, 6.07) is 2.04. The zero-order chi connectivity index (χ0) is 11.3. The molecule has 0 amide bonds. The maximum atomic E-state index is 11.3. The number of nitrogens with one attached hydrogen (secondary N) is 1. The van der Waals surface area contributed by atoms with E-state index in [0.29, 0.717) is 16.5 Å². The molecule has 0 aliphatic heterocycles. The Morgan fingerprint density at radius 2 is 2.20 bits per heavy atom. The highest BCUT2D eigenvalue weighted by atomic mass is 127. The van der Waals surface area contributed by atoms with E-state index in [1.54, 1.807) is 0 Å². The van der Waals surface area contributed by atoms with Crippen LogP contribution < -0.4 is 11.2 Å². The molecule has 0 saturated heterocycles. The predicted molar refractivity (Wildman–Crippen MR) is 63.5 cm³/mol. The lowest BCUT2D eigenvalue weighted by molar-refractivity contribution is 0.583. The maximum Gasteiger partial charge on any atom is 0.328 e. The molecule has 6 heteroatoms. The molecule has 0 aromatic carbocycles. The van der Waals surface area contributed by atoms with E-state index in [1.165, 1.54) is 10.8 Å². The molecule has 1 heterocycles. The highest BCUT2D eigenvalue weighted by Crippen LogP contribution is 1.98. The van der Waals surface area contributed by atoms with Gasteiger partial charge in [0.15, 0.2) is 0 Å². The molecular weight excluding hydrogens is 309 g/mol. The fourth-order valence-corrected chi connectivity index (χ4v) is 1.61. The van der Waals surface area contributed by atoms with E-state index in [9.17, 15) is 9.59 Å². The minimum atomic E-state index is -0.391. The van der Waals surface area contributed by atoms with E-state index in [4.69, 9.17) is 5.26 Å². The summed E-state index contributed by atoms with van der Waals surface area (Å²) < 4.78 is 1.95. The van der Waals surface area contributed by atoms with Crippen molar-refractivity contribution in [1.82, 2.24) is 9.55 Å². The molecule has 0 aliphatic carbocycles. The predicted octanol–water partition coefficient (Wildman–Crippen LogP) is 0.835. The summed E-state index contributed by atoms with van der Waals surface area (Å²) in [5, 5.41) is 8.33. The molecule has 0 fully saturated rings. The first-order valence-electron chi connectivity index (χ1n) is 4.51. The number of unbranched alkanes of at least 4 members (excludes halogenated alkanes) is 2. The third-order valence-corrected chi connectivity index (χ3v) is 2.67. The minimum absolute atomic E-state index is 0.353. The van der Waals surface area contributed by atoms with Gasteiger partial charge in [0.05, 0.1) is 9.64 Å². The van der Waals surface area contributed by atoms with E-state index in [0.717, 1.165) is 12.8 Å². The molecule has 1 N–H and O–H groups in total. The Kier molecular flexibility index (Phi) is 4.55. The smallest absolute Gasteiger partial charge is 0.300 e. The summed E-state index contributed by atoms with van der Waals surface area (Å²) >= 11 is 1.88. The van der Waals surface area contributed by atoms with Gasteiger partial charge in [-0.05, 0) is 35.4 Å². The second-order valence-corrected chi connectivity index (χ2v) is 4.21. The van der Waals surface area contributed by atoms with Crippen molar-refractivity contribution in [2.45, 2.75) is 25.8 Å². The molecule has 1 aromatic rings. The zero-order valence-corrected chi connectivity index (χ0v) is 10.2. The molecule has 0 bridgehead atoms. The topological polar surface area (TPSA) is 78.7 Å². The van der Waals surface area contributed by atoms with Gasteiger partial charge in [0.2, 0.25) is 0 Å². The lowest BCUT2D eigenvalue weighted by Crippen LogP contribution is -2.30. The summed E-state index contributed by atoms with van der Waals surface area (Å²) in [5.74, 6) is 0. The first kappa shape index (κ1) is 12.0. The summed E-state index contributed by atoms with van der Waals surface area (Å²) in [4.78, 5) is 24.6. The molecule has 1 aromatic heterocycles. The van der Waals surface area contributed by atoms with E-state index in [1.807, 2.05) is 28.7 Å². The minimum Gasteiger partial charge on any atom is -0.300 e. The van der Waals surface area contributed by atoms with Gasteiger partial charge in [-0.3, -0.25) is 14.3 Å². The Bertz CT molecular complexity index is 483. The van der Waals surface area contributed by atoms with Gasteiger partial charge in [-0.15, -0.1) is 0 Å². The molecule has 0 unspecified atom stereocenters. The van der Waals surface area contributed by atoms with Gasteiger partial charge >= 0.3 is 5.69 Å². The molecular formula is C9H10IN3O2. The van der Waals surface area contributed by atoms with Crippen molar-refractivity contribution in [2.75, 3.05) is 0 Å². The fourth-order valence-electron chi connectivity index (χ4n) is 1.14. The normalized spacial score (nSPS) is 9.87. The van der Waals surface area contributed by atoms with Crippen molar-refractivity contribution in [3.05, 3.63) is 30.6 Å². The number of nitrogens with zero attached hydrogens (tertiary/aromatic N) is 2. The second kappa shape index (κ2) is 5.70. The van der Waals surface area contributed by atoms with Crippen LogP contribution in [0.3, 0.4) is 0 Å². The van der Waals surface area contributed by atoms with E-state index in [-0.39, 0.29) is 5.56 Å². The number of halogens is 1. The van der Waals surface area contributed by atoms with Gasteiger partial charge in [-0.1, -0.05) is 0 Å². The monoisotopic (exact) mass is 319 g/mol. The highest BCUT2D eigenvalue weighted by molar-refractivity contribution is 14.1. The Hall–Kier alpha value is -1.10. The summed E-state index contributed by atoms with van der Waals surface area (Å²) in [7, 11) is 0. The Labute approximate surface area is 99.9 Å². The van der Waals surface area contributed by atoms with Crippen LogP contribution in [0.15, 0.2) is 15.8 Å². The SMILES string of the molecule is N#CCCCCn1cc(I)c(=O)[nH]c1=O. The lowest BCUT2D eigenvalue weighted by atomic mass is 10.2. The van der Waals surface area contributed by atoms with Crippen molar-refractivity contribution in [3.8, 4) is 6.07 Å². The van der Waals surface area contributed by atoms with Gasteiger partial charge < -0.3 is 0 Å². The number of H-pyrrole nitrogens is 1. The van der Waals surface area contributed by atoms with Gasteiger partial charge in [0.1, 0.15) is 0 Å². The Morgan fingerprint density at radius 1 is 1.47 bits per heavy atom. The van der Waals surface area contributed by atoms with E-state index < -0.39 is 5.69 Å². The van der Waals surface area contributed by atoms with Crippen molar-refractivity contribution in [1.29, 1.82) is 5.26 Å². The number of rotatable bonds is 4. The Balaban J connectivity index is 2.71. The number of aromatic nitrogens is 2. The lowest BCUT2D eigenvalue weighted by Gasteiger charge is -2.03. The number of aromatic amines is 1. The van der Waals surface area contributed by atoms with E-state index >= 15 is 0 Å². The summed E-state index contributed by atoms with van der Waals surface area (Å²) in [6.07, 6.45) is 3.55. The second-order valence-electron chi connectivity index (χ2n) is 3.04. The molecule has 0 aliphatic rings. The summed E-state index contributed by atoms with van der Waals surface area (Å²) in [6.45, 7) is 0.535. The van der Waals surface area contributed by atoms with Gasteiger partial charge in [0.25, 0.3) is 5.56 Å². The zero-order valence-electron chi connectivity index (χ0n) is 7.99. The van der Waals surface area contributed by atoms with Crippen LogP contribution >= 0.6 is 22.6 Å². The van der Waals surface area contributed by atoms with E-state index in [2.05, 4.69) is 4.98 Å². The fraction of sp³-hybridized carbons (Fsp3) is 0.444. The van der Waals surface area contributed by atoms with Gasteiger partial charge in [-0.25, -0.2) is 4.79 Å². The van der Waals surface area contributed by atoms with Gasteiger partial charge in [-0.2, -0.15) is 5.26 Å². The third kappa shape index (κ3) is 3.51. The average Bonchev–Trinajstić information content (AvgIpc) is 2.20. The molecule has 0 spiro atoms. The van der Waals surface area contributed by atoms with Crippen molar-refractivity contribution in [3.63, 3.8) is 0 Å². The number of nitriles is 1. The van der Waals surface area contributed by atoms with Crippen molar-refractivity contribution < 1.29 is 0 Å². The average molecular weight is 319 g/mol. The highest BCUT2D eigenvalue weighted by Gasteiger charge is 2.00. The molecule has 0 radical (unpaired) electrons. The number of aryl methyl sites for hydroxylation is 1.